The molecule has 2 aliphatic heterocycles. The summed E-state index contributed by atoms with van der Waals surface area (Å²) in [7, 11) is 0. The smallest absolute Gasteiger partial charge is 0.242 e. The molecule has 0 N–H and O–H groups in total. The second kappa shape index (κ2) is 7.50. The fraction of sp³-hybridized carbons (Fsp3) is 0.579. The second-order valence-corrected chi connectivity index (χ2v) is 8.42. The van der Waals surface area contributed by atoms with E-state index in [1.807, 2.05) is 33.9 Å². The SMILES string of the molecule is Cc1ccsc1CN1C[C@H]2COC[C@@H]1CN(C(=O)Cn1ccnc1C)C2. The molecule has 140 valence electrons. The number of hydrogen-bond acceptors (Lipinski definition) is 5. The van der Waals surface area contributed by atoms with E-state index in [0.717, 1.165) is 38.6 Å². The van der Waals surface area contributed by atoms with E-state index in [1.54, 1.807) is 6.20 Å². The summed E-state index contributed by atoms with van der Waals surface area (Å²) in [6, 6.07) is 2.45. The molecular formula is C19H26N4O2S. The highest BCUT2D eigenvalue weighted by Gasteiger charge is 2.35. The van der Waals surface area contributed by atoms with E-state index in [9.17, 15) is 4.79 Å². The Balaban J connectivity index is 1.48. The van der Waals surface area contributed by atoms with E-state index in [-0.39, 0.29) is 11.9 Å². The Labute approximate surface area is 158 Å². The maximum atomic E-state index is 12.9. The van der Waals surface area contributed by atoms with Crippen molar-refractivity contribution in [3.63, 3.8) is 0 Å². The number of aromatic nitrogens is 2. The summed E-state index contributed by atoms with van der Waals surface area (Å²) < 4.78 is 7.83. The van der Waals surface area contributed by atoms with Gasteiger partial charge in [0.2, 0.25) is 5.91 Å². The molecule has 2 aromatic heterocycles. The molecule has 0 aliphatic carbocycles. The normalized spacial score (nSPS) is 23.8. The highest BCUT2D eigenvalue weighted by atomic mass is 32.1. The van der Waals surface area contributed by atoms with E-state index in [0.29, 0.717) is 19.1 Å². The number of rotatable bonds is 4. The van der Waals surface area contributed by atoms with Crippen LogP contribution >= 0.6 is 11.3 Å². The number of carbonyl (C=O) groups is 1. The molecule has 6 nitrogen and oxygen atoms in total. The first-order valence-corrected chi connectivity index (χ1v) is 10.1. The largest absolute Gasteiger partial charge is 0.379 e. The van der Waals surface area contributed by atoms with Gasteiger partial charge in [-0.1, -0.05) is 0 Å². The first-order valence-electron chi connectivity index (χ1n) is 9.20. The van der Waals surface area contributed by atoms with Crippen LogP contribution in [-0.2, 0) is 22.6 Å². The van der Waals surface area contributed by atoms with E-state index in [2.05, 4.69) is 28.3 Å². The Hall–Kier alpha value is -1.70. The molecule has 0 radical (unpaired) electrons. The van der Waals surface area contributed by atoms with Crippen LogP contribution in [-0.4, -0.2) is 64.1 Å². The van der Waals surface area contributed by atoms with E-state index in [4.69, 9.17) is 4.74 Å². The fourth-order valence-corrected chi connectivity index (χ4v) is 4.82. The van der Waals surface area contributed by atoms with Crippen LogP contribution in [0.1, 0.15) is 16.3 Å². The maximum Gasteiger partial charge on any atom is 0.242 e. The number of aryl methyl sites for hydroxylation is 2. The van der Waals surface area contributed by atoms with Gasteiger partial charge >= 0.3 is 0 Å². The molecule has 0 spiro atoms. The molecule has 0 aromatic carbocycles. The summed E-state index contributed by atoms with van der Waals surface area (Å²) in [5.74, 6) is 1.43. The zero-order valence-corrected chi connectivity index (χ0v) is 16.2. The first-order chi connectivity index (χ1) is 12.6. The molecule has 26 heavy (non-hydrogen) atoms. The first kappa shape index (κ1) is 17.7. The van der Waals surface area contributed by atoms with Gasteiger partial charge in [-0.05, 0) is 30.9 Å². The van der Waals surface area contributed by atoms with Crippen molar-refractivity contribution in [1.29, 1.82) is 0 Å². The molecule has 4 heterocycles. The Bertz CT molecular complexity index is 771. The average Bonchev–Trinajstić information content (AvgIpc) is 3.06. The fourth-order valence-electron chi connectivity index (χ4n) is 3.89. The van der Waals surface area contributed by atoms with Gasteiger partial charge in [-0.15, -0.1) is 11.3 Å². The van der Waals surface area contributed by atoms with Crippen molar-refractivity contribution < 1.29 is 9.53 Å². The van der Waals surface area contributed by atoms with Crippen molar-refractivity contribution in [3.05, 3.63) is 40.1 Å². The number of carbonyl (C=O) groups excluding carboxylic acids is 1. The van der Waals surface area contributed by atoms with Crippen molar-refractivity contribution in [3.8, 4) is 0 Å². The van der Waals surface area contributed by atoms with E-state index in [1.165, 1.54) is 10.4 Å². The van der Waals surface area contributed by atoms with Crippen molar-refractivity contribution in [2.24, 2.45) is 5.92 Å². The third kappa shape index (κ3) is 3.70. The summed E-state index contributed by atoms with van der Waals surface area (Å²) in [6.45, 7) is 9.40. The zero-order chi connectivity index (χ0) is 18.1. The molecule has 2 aromatic rings. The lowest BCUT2D eigenvalue weighted by Gasteiger charge is -2.31. The molecule has 1 amide bonds. The van der Waals surface area contributed by atoms with Gasteiger partial charge in [0.05, 0.1) is 19.3 Å². The molecule has 2 atom stereocenters. The average molecular weight is 375 g/mol. The number of nitrogens with zero attached hydrogens (tertiary/aromatic N) is 4. The van der Waals surface area contributed by atoms with Gasteiger partial charge in [-0.3, -0.25) is 9.69 Å². The minimum absolute atomic E-state index is 0.178. The Morgan fingerprint density at radius 3 is 2.92 bits per heavy atom. The van der Waals surface area contributed by atoms with Crippen LogP contribution in [0.2, 0.25) is 0 Å². The lowest BCUT2D eigenvalue weighted by Crippen LogP contribution is -2.46. The van der Waals surface area contributed by atoms with Gasteiger partial charge in [-0.25, -0.2) is 4.98 Å². The lowest BCUT2D eigenvalue weighted by molar-refractivity contribution is -0.133. The van der Waals surface area contributed by atoms with E-state index < -0.39 is 0 Å². The molecule has 2 bridgehead atoms. The van der Waals surface area contributed by atoms with Crippen LogP contribution < -0.4 is 0 Å². The monoisotopic (exact) mass is 374 g/mol. The number of imidazole rings is 1. The summed E-state index contributed by atoms with van der Waals surface area (Å²) in [5, 5.41) is 2.16. The third-order valence-electron chi connectivity index (χ3n) is 5.48. The van der Waals surface area contributed by atoms with Gasteiger partial charge in [0.1, 0.15) is 12.4 Å². The Morgan fingerprint density at radius 1 is 1.31 bits per heavy atom. The molecule has 0 unspecified atom stereocenters. The number of fused-ring (bicyclic) bond motifs is 3. The lowest BCUT2D eigenvalue weighted by atomic mass is 10.1. The number of hydrogen-bond donors (Lipinski definition) is 0. The summed E-state index contributed by atoms with van der Waals surface area (Å²) in [6.07, 6.45) is 3.62. The predicted octanol–water partition coefficient (Wildman–Crippen LogP) is 1.92. The molecule has 2 fully saturated rings. The number of amides is 1. The molecule has 0 saturated carbocycles. The quantitative estimate of drug-likeness (QED) is 0.821. The number of ether oxygens (including phenoxy) is 1. The molecule has 2 saturated heterocycles. The van der Waals surface area contributed by atoms with Crippen LogP contribution in [0, 0.1) is 19.8 Å². The van der Waals surface area contributed by atoms with Gasteiger partial charge in [0.15, 0.2) is 0 Å². The topological polar surface area (TPSA) is 50.6 Å². The second-order valence-electron chi connectivity index (χ2n) is 7.41. The van der Waals surface area contributed by atoms with Crippen LogP contribution in [0.5, 0.6) is 0 Å². The summed E-state index contributed by atoms with van der Waals surface area (Å²) in [4.78, 5) is 23.1. The zero-order valence-electron chi connectivity index (χ0n) is 15.4. The van der Waals surface area contributed by atoms with Crippen LogP contribution in [0.3, 0.4) is 0 Å². The number of thiophene rings is 1. The molecule has 4 rings (SSSR count). The van der Waals surface area contributed by atoms with Gasteiger partial charge in [0, 0.05) is 49.4 Å². The van der Waals surface area contributed by atoms with Crippen LogP contribution in [0.4, 0.5) is 0 Å². The summed E-state index contributed by atoms with van der Waals surface area (Å²) >= 11 is 1.82. The van der Waals surface area contributed by atoms with Crippen molar-refractivity contribution >= 4 is 17.2 Å². The van der Waals surface area contributed by atoms with Gasteiger partial charge in [-0.2, -0.15) is 0 Å². The van der Waals surface area contributed by atoms with Crippen molar-refractivity contribution in [1.82, 2.24) is 19.4 Å². The Morgan fingerprint density at radius 2 is 2.19 bits per heavy atom. The van der Waals surface area contributed by atoms with E-state index >= 15 is 0 Å². The molecule has 7 heteroatoms. The van der Waals surface area contributed by atoms with Crippen molar-refractivity contribution in [2.75, 3.05) is 32.8 Å². The maximum absolute atomic E-state index is 12.9. The van der Waals surface area contributed by atoms with Crippen LogP contribution in [0.15, 0.2) is 23.8 Å². The summed E-state index contributed by atoms with van der Waals surface area (Å²) in [5.41, 5.74) is 1.36. The van der Waals surface area contributed by atoms with Gasteiger partial charge < -0.3 is 14.2 Å². The predicted molar refractivity (Wildman–Crippen MR) is 101 cm³/mol. The van der Waals surface area contributed by atoms with Crippen LogP contribution in [0.25, 0.3) is 0 Å². The molecule has 2 aliphatic rings. The third-order valence-corrected chi connectivity index (χ3v) is 6.49. The molecular weight excluding hydrogens is 348 g/mol. The highest BCUT2D eigenvalue weighted by molar-refractivity contribution is 7.10. The van der Waals surface area contributed by atoms with Gasteiger partial charge in [0.25, 0.3) is 0 Å². The minimum atomic E-state index is 0.178. The van der Waals surface area contributed by atoms with Crippen molar-refractivity contribution in [2.45, 2.75) is 33.0 Å². The minimum Gasteiger partial charge on any atom is -0.379 e. The Kier molecular flexibility index (Phi) is 5.11. The highest BCUT2D eigenvalue weighted by Crippen LogP contribution is 2.25. The standard InChI is InChI=1S/C19H26N4O2S/c1-14-3-6-26-18(14)10-22-7-16-8-23(9-17(22)13-25-12-16)19(24)11-21-5-4-20-15(21)2/h3-6,16-17H,7-13H2,1-2H3/t16-,17+/m1/s1.